The normalized spacial score (nSPS) is 16.8. The van der Waals surface area contributed by atoms with E-state index in [1.807, 2.05) is 0 Å². The number of hydrogen-bond donors (Lipinski definition) is 2. The van der Waals surface area contributed by atoms with Crippen LogP contribution in [0, 0.1) is 5.41 Å². The molecule has 3 nitrogen and oxygen atoms in total. The Balaban J connectivity index is 2.13. The van der Waals surface area contributed by atoms with Gasteiger partial charge in [0, 0.05) is 12.5 Å². The van der Waals surface area contributed by atoms with Gasteiger partial charge in [-0.1, -0.05) is 13.8 Å². The summed E-state index contributed by atoms with van der Waals surface area (Å²) in [5.41, 5.74) is 5.72. The van der Waals surface area contributed by atoms with Gasteiger partial charge < -0.3 is 11.1 Å². The highest BCUT2D eigenvalue weighted by molar-refractivity contribution is 5.76. The summed E-state index contributed by atoms with van der Waals surface area (Å²) in [5.74, 6) is 0.206. The lowest BCUT2D eigenvalue weighted by Gasteiger charge is -2.23. The van der Waals surface area contributed by atoms with E-state index in [0.29, 0.717) is 19.0 Å². The lowest BCUT2D eigenvalue weighted by atomic mass is 9.84. The monoisotopic (exact) mass is 198 g/mol. The Morgan fingerprint density at radius 2 is 2.07 bits per heavy atom. The average Bonchev–Trinajstić information content (AvgIpc) is 2.85. The molecular formula is C11H22N2O. The Morgan fingerprint density at radius 3 is 2.57 bits per heavy atom. The van der Waals surface area contributed by atoms with Crippen LogP contribution in [0.15, 0.2) is 0 Å². The standard InChI is InChI=1S/C11H22N2O/c1-11(2,7-8-12)6-5-10(14)13-9-3-4-9/h9H,3-8,12H2,1-2H3,(H,13,14). The first-order chi connectivity index (χ1) is 6.53. The van der Waals surface area contributed by atoms with Crippen molar-refractivity contribution in [3.05, 3.63) is 0 Å². The fourth-order valence-corrected chi connectivity index (χ4v) is 1.50. The van der Waals surface area contributed by atoms with E-state index in [2.05, 4.69) is 19.2 Å². The maximum absolute atomic E-state index is 11.4. The Kier molecular flexibility index (Phi) is 3.93. The van der Waals surface area contributed by atoms with Crippen molar-refractivity contribution in [1.29, 1.82) is 0 Å². The van der Waals surface area contributed by atoms with Crippen molar-refractivity contribution in [3.63, 3.8) is 0 Å². The third-order valence-corrected chi connectivity index (χ3v) is 2.79. The molecule has 0 bridgehead atoms. The predicted octanol–water partition coefficient (Wildman–Crippen LogP) is 1.42. The molecule has 3 heteroatoms. The zero-order valence-electron chi connectivity index (χ0n) is 9.31. The van der Waals surface area contributed by atoms with Crippen LogP contribution in [0.4, 0.5) is 0 Å². The minimum Gasteiger partial charge on any atom is -0.353 e. The molecule has 0 atom stereocenters. The third-order valence-electron chi connectivity index (χ3n) is 2.79. The second-order valence-electron chi connectivity index (χ2n) is 5.04. The lowest BCUT2D eigenvalue weighted by Crippen LogP contribution is -2.27. The predicted molar refractivity (Wildman–Crippen MR) is 57.9 cm³/mol. The largest absolute Gasteiger partial charge is 0.353 e. The fraction of sp³-hybridized carbons (Fsp3) is 0.909. The van der Waals surface area contributed by atoms with Crippen molar-refractivity contribution in [3.8, 4) is 0 Å². The van der Waals surface area contributed by atoms with Crippen molar-refractivity contribution in [2.75, 3.05) is 6.54 Å². The minimum absolute atomic E-state index is 0.204. The first kappa shape index (κ1) is 11.5. The van der Waals surface area contributed by atoms with Crippen molar-refractivity contribution in [2.45, 2.75) is 52.0 Å². The number of carbonyl (C=O) groups excluding carboxylic acids is 1. The van der Waals surface area contributed by atoms with Gasteiger partial charge in [0.05, 0.1) is 0 Å². The van der Waals surface area contributed by atoms with E-state index in [0.717, 1.165) is 25.7 Å². The van der Waals surface area contributed by atoms with Gasteiger partial charge in [0.15, 0.2) is 0 Å². The molecule has 0 unspecified atom stereocenters. The molecule has 0 aliphatic heterocycles. The van der Waals surface area contributed by atoms with Gasteiger partial charge in [0.2, 0.25) is 5.91 Å². The van der Waals surface area contributed by atoms with Crippen LogP contribution in [0.2, 0.25) is 0 Å². The molecule has 0 aromatic carbocycles. The summed E-state index contributed by atoms with van der Waals surface area (Å²) in [5, 5.41) is 3.00. The van der Waals surface area contributed by atoms with Crippen LogP contribution in [0.5, 0.6) is 0 Å². The molecule has 82 valence electrons. The van der Waals surface area contributed by atoms with Gasteiger partial charge in [-0.3, -0.25) is 4.79 Å². The summed E-state index contributed by atoms with van der Waals surface area (Å²) in [7, 11) is 0. The Labute approximate surface area is 86.4 Å². The van der Waals surface area contributed by atoms with Gasteiger partial charge in [-0.2, -0.15) is 0 Å². The summed E-state index contributed by atoms with van der Waals surface area (Å²) in [6, 6.07) is 0.486. The SMILES string of the molecule is CC(C)(CCN)CCC(=O)NC1CC1. The van der Waals surface area contributed by atoms with E-state index < -0.39 is 0 Å². The molecule has 1 fully saturated rings. The van der Waals surface area contributed by atoms with E-state index >= 15 is 0 Å². The van der Waals surface area contributed by atoms with Crippen LogP contribution in [-0.4, -0.2) is 18.5 Å². The molecule has 1 amide bonds. The highest BCUT2D eigenvalue weighted by Crippen LogP contribution is 2.26. The molecule has 0 saturated heterocycles. The van der Waals surface area contributed by atoms with Crippen LogP contribution >= 0.6 is 0 Å². The van der Waals surface area contributed by atoms with Crippen LogP contribution in [-0.2, 0) is 4.79 Å². The van der Waals surface area contributed by atoms with Crippen LogP contribution in [0.1, 0.15) is 46.0 Å². The molecule has 0 heterocycles. The van der Waals surface area contributed by atoms with Crippen LogP contribution in [0.25, 0.3) is 0 Å². The molecule has 3 N–H and O–H groups in total. The lowest BCUT2D eigenvalue weighted by molar-refractivity contribution is -0.121. The zero-order valence-corrected chi connectivity index (χ0v) is 9.31. The summed E-state index contributed by atoms with van der Waals surface area (Å²) in [4.78, 5) is 11.4. The molecule has 1 saturated carbocycles. The van der Waals surface area contributed by atoms with Crippen molar-refractivity contribution >= 4 is 5.91 Å². The smallest absolute Gasteiger partial charge is 0.220 e. The average molecular weight is 198 g/mol. The number of amides is 1. The summed E-state index contributed by atoms with van der Waals surface area (Å²) in [6.07, 6.45) is 4.89. The molecule has 0 aromatic rings. The topological polar surface area (TPSA) is 55.1 Å². The minimum atomic E-state index is 0.204. The molecule has 0 radical (unpaired) electrons. The first-order valence-corrected chi connectivity index (χ1v) is 5.53. The highest BCUT2D eigenvalue weighted by Gasteiger charge is 2.24. The quantitative estimate of drug-likeness (QED) is 0.678. The zero-order chi connectivity index (χ0) is 10.6. The van der Waals surface area contributed by atoms with E-state index in [-0.39, 0.29) is 11.3 Å². The molecule has 14 heavy (non-hydrogen) atoms. The molecular weight excluding hydrogens is 176 g/mol. The van der Waals surface area contributed by atoms with E-state index in [9.17, 15) is 4.79 Å². The Hall–Kier alpha value is -0.570. The second kappa shape index (κ2) is 4.78. The van der Waals surface area contributed by atoms with Crippen molar-refractivity contribution in [2.24, 2.45) is 11.1 Å². The van der Waals surface area contributed by atoms with Crippen LogP contribution < -0.4 is 11.1 Å². The second-order valence-corrected chi connectivity index (χ2v) is 5.04. The molecule has 0 aromatic heterocycles. The maximum atomic E-state index is 11.4. The summed E-state index contributed by atoms with van der Waals surface area (Å²) >= 11 is 0. The number of nitrogens with one attached hydrogen (secondary N) is 1. The van der Waals surface area contributed by atoms with Crippen molar-refractivity contribution < 1.29 is 4.79 Å². The molecule has 1 aliphatic rings. The van der Waals surface area contributed by atoms with E-state index in [4.69, 9.17) is 5.73 Å². The third kappa shape index (κ3) is 4.61. The maximum Gasteiger partial charge on any atom is 0.220 e. The highest BCUT2D eigenvalue weighted by atomic mass is 16.1. The number of hydrogen-bond acceptors (Lipinski definition) is 2. The van der Waals surface area contributed by atoms with Gasteiger partial charge in [0.25, 0.3) is 0 Å². The van der Waals surface area contributed by atoms with Gasteiger partial charge in [0.1, 0.15) is 0 Å². The van der Waals surface area contributed by atoms with Crippen LogP contribution in [0.3, 0.4) is 0 Å². The number of rotatable bonds is 6. The van der Waals surface area contributed by atoms with Gasteiger partial charge in [-0.15, -0.1) is 0 Å². The van der Waals surface area contributed by atoms with E-state index in [1.165, 1.54) is 0 Å². The number of nitrogens with two attached hydrogens (primary N) is 1. The van der Waals surface area contributed by atoms with E-state index in [1.54, 1.807) is 0 Å². The van der Waals surface area contributed by atoms with Gasteiger partial charge in [-0.05, 0) is 37.6 Å². The summed E-state index contributed by atoms with van der Waals surface area (Å²) < 4.78 is 0. The Morgan fingerprint density at radius 1 is 1.43 bits per heavy atom. The summed E-state index contributed by atoms with van der Waals surface area (Å²) in [6.45, 7) is 5.05. The first-order valence-electron chi connectivity index (χ1n) is 5.53. The number of carbonyl (C=O) groups is 1. The fourth-order valence-electron chi connectivity index (χ4n) is 1.50. The molecule has 1 rings (SSSR count). The van der Waals surface area contributed by atoms with Gasteiger partial charge in [-0.25, -0.2) is 0 Å². The molecule has 0 spiro atoms. The molecule has 1 aliphatic carbocycles. The Bertz CT molecular complexity index is 197. The van der Waals surface area contributed by atoms with Gasteiger partial charge >= 0.3 is 0 Å². The van der Waals surface area contributed by atoms with Crippen molar-refractivity contribution in [1.82, 2.24) is 5.32 Å².